The van der Waals surface area contributed by atoms with Crippen LogP contribution in [0.25, 0.3) is 0 Å². The van der Waals surface area contributed by atoms with Crippen LogP contribution >= 0.6 is 0 Å². The van der Waals surface area contributed by atoms with Gasteiger partial charge in [0.25, 0.3) is 0 Å². The Kier molecular flexibility index (Phi) is 7.25. The molecule has 0 amide bonds. The molecular formula is C19H32N2. The molecule has 1 aromatic carbocycles. The van der Waals surface area contributed by atoms with Crippen molar-refractivity contribution >= 4 is 0 Å². The van der Waals surface area contributed by atoms with Gasteiger partial charge in [0.1, 0.15) is 0 Å². The lowest BCUT2D eigenvalue weighted by Crippen LogP contribution is -2.39. The molecule has 0 saturated carbocycles. The third-order valence-corrected chi connectivity index (χ3v) is 4.92. The fourth-order valence-electron chi connectivity index (χ4n) is 3.55. The van der Waals surface area contributed by atoms with Crippen molar-refractivity contribution in [3.8, 4) is 0 Å². The predicted molar refractivity (Wildman–Crippen MR) is 91.6 cm³/mol. The molecule has 1 aromatic rings. The lowest BCUT2D eigenvalue weighted by Gasteiger charge is -2.27. The second-order valence-corrected chi connectivity index (χ2v) is 6.48. The van der Waals surface area contributed by atoms with Crippen molar-refractivity contribution in [2.75, 3.05) is 19.6 Å². The molecule has 2 heteroatoms. The van der Waals surface area contributed by atoms with Crippen molar-refractivity contribution in [3.05, 3.63) is 35.9 Å². The van der Waals surface area contributed by atoms with Crippen molar-refractivity contribution in [1.82, 2.24) is 4.90 Å². The summed E-state index contributed by atoms with van der Waals surface area (Å²) < 4.78 is 0. The highest BCUT2D eigenvalue weighted by molar-refractivity contribution is 5.21. The van der Waals surface area contributed by atoms with E-state index >= 15 is 0 Å². The van der Waals surface area contributed by atoms with E-state index < -0.39 is 0 Å². The summed E-state index contributed by atoms with van der Waals surface area (Å²) in [7, 11) is 0. The highest BCUT2D eigenvalue weighted by atomic mass is 15.2. The maximum atomic E-state index is 6.04. The van der Waals surface area contributed by atoms with Crippen LogP contribution in [0.1, 0.15) is 63.4 Å². The van der Waals surface area contributed by atoms with Crippen LogP contribution in [-0.2, 0) is 0 Å². The lowest BCUT2D eigenvalue weighted by atomic mass is 9.98. The zero-order chi connectivity index (χ0) is 14.9. The smallest absolute Gasteiger partial charge is 0.0218 e. The minimum Gasteiger partial charge on any atom is -0.329 e. The van der Waals surface area contributed by atoms with E-state index in [9.17, 15) is 0 Å². The molecule has 21 heavy (non-hydrogen) atoms. The van der Waals surface area contributed by atoms with E-state index in [0.717, 1.165) is 6.54 Å². The number of nitrogens with zero attached hydrogens (tertiary/aromatic N) is 1. The molecule has 118 valence electrons. The summed E-state index contributed by atoms with van der Waals surface area (Å²) in [5.41, 5.74) is 7.53. The average molecular weight is 288 g/mol. The molecule has 0 bridgehead atoms. The summed E-state index contributed by atoms with van der Waals surface area (Å²) >= 11 is 0. The molecule has 0 aromatic heterocycles. The van der Waals surface area contributed by atoms with Gasteiger partial charge in [-0.05, 0) is 30.9 Å². The Morgan fingerprint density at radius 3 is 2.62 bits per heavy atom. The van der Waals surface area contributed by atoms with Crippen molar-refractivity contribution in [3.63, 3.8) is 0 Å². The number of hydrogen-bond acceptors (Lipinski definition) is 2. The minimum atomic E-state index is 0.598. The summed E-state index contributed by atoms with van der Waals surface area (Å²) in [5, 5.41) is 0. The first kappa shape index (κ1) is 16.5. The fourth-order valence-corrected chi connectivity index (χ4v) is 3.55. The Labute approximate surface area is 130 Å². The van der Waals surface area contributed by atoms with E-state index in [1.807, 2.05) is 0 Å². The summed E-state index contributed by atoms with van der Waals surface area (Å²) in [4.78, 5) is 2.64. The Morgan fingerprint density at radius 1 is 1.14 bits per heavy atom. The highest BCUT2D eigenvalue weighted by Crippen LogP contribution is 2.29. The molecule has 2 atom stereocenters. The molecule has 1 fully saturated rings. The standard InChI is InChI=1S/C19H32N2/c1-2-3-4-5-9-12-19(15-20)21-14-13-18(16-21)17-10-7-6-8-11-17/h6-8,10-11,18-19H,2-5,9,12-16,20H2,1H3. The number of likely N-dealkylation sites (tertiary alicyclic amines) is 1. The molecule has 2 unspecified atom stereocenters. The first-order valence-electron chi connectivity index (χ1n) is 8.84. The molecule has 2 nitrogen and oxygen atoms in total. The van der Waals surface area contributed by atoms with Gasteiger partial charge in [0.05, 0.1) is 0 Å². The summed E-state index contributed by atoms with van der Waals surface area (Å²) in [5.74, 6) is 0.709. The molecule has 2 rings (SSSR count). The van der Waals surface area contributed by atoms with Gasteiger partial charge in [-0.15, -0.1) is 0 Å². The van der Waals surface area contributed by atoms with Gasteiger partial charge in [-0.2, -0.15) is 0 Å². The second-order valence-electron chi connectivity index (χ2n) is 6.48. The van der Waals surface area contributed by atoms with Crippen LogP contribution in [0.3, 0.4) is 0 Å². The van der Waals surface area contributed by atoms with Crippen LogP contribution in [0, 0.1) is 0 Å². The van der Waals surface area contributed by atoms with Crippen LogP contribution in [-0.4, -0.2) is 30.6 Å². The third kappa shape index (κ3) is 5.12. The van der Waals surface area contributed by atoms with Gasteiger partial charge in [0.15, 0.2) is 0 Å². The van der Waals surface area contributed by atoms with Crippen LogP contribution in [0.5, 0.6) is 0 Å². The van der Waals surface area contributed by atoms with E-state index in [1.54, 1.807) is 0 Å². The van der Waals surface area contributed by atoms with Crippen molar-refractivity contribution in [2.24, 2.45) is 5.73 Å². The molecule has 2 N–H and O–H groups in total. The number of hydrogen-bond donors (Lipinski definition) is 1. The maximum absolute atomic E-state index is 6.04. The second kappa shape index (κ2) is 9.22. The maximum Gasteiger partial charge on any atom is 0.0218 e. The topological polar surface area (TPSA) is 29.3 Å². The van der Waals surface area contributed by atoms with E-state index in [-0.39, 0.29) is 0 Å². The van der Waals surface area contributed by atoms with E-state index in [2.05, 4.69) is 42.2 Å². The summed E-state index contributed by atoms with van der Waals surface area (Å²) in [6.07, 6.45) is 9.38. The van der Waals surface area contributed by atoms with Gasteiger partial charge in [-0.25, -0.2) is 0 Å². The highest BCUT2D eigenvalue weighted by Gasteiger charge is 2.27. The molecule has 1 saturated heterocycles. The molecule has 1 aliphatic heterocycles. The van der Waals surface area contributed by atoms with Crippen molar-refractivity contribution < 1.29 is 0 Å². The number of unbranched alkanes of at least 4 members (excludes halogenated alkanes) is 4. The number of rotatable bonds is 9. The monoisotopic (exact) mass is 288 g/mol. The molecular weight excluding hydrogens is 256 g/mol. The van der Waals surface area contributed by atoms with Gasteiger partial charge in [-0.3, -0.25) is 4.90 Å². The largest absolute Gasteiger partial charge is 0.329 e. The SMILES string of the molecule is CCCCCCCC(CN)N1CCC(c2ccccc2)C1. The Bertz CT molecular complexity index is 376. The van der Waals surface area contributed by atoms with Crippen LogP contribution in [0.4, 0.5) is 0 Å². The lowest BCUT2D eigenvalue weighted by molar-refractivity contribution is 0.228. The molecule has 0 spiro atoms. The number of nitrogens with two attached hydrogens (primary N) is 1. The van der Waals surface area contributed by atoms with E-state index in [0.29, 0.717) is 12.0 Å². The Balaban J connectivity index is 1.75. The molecule has 1 aliphatic rings. The Morgan fingerprint density at radius 2 is 1.90 bits per heavy atom. The summed E-state index contributed by atoms with van der Waals surface area (Å²) in [6.45, 7) is 5.50. The van der Waals surface area contributed by atoms with Gasteiger partial charge in [0.2, 0.25) is 0 Å². The van der Waals surface area contributed by atoms with Gasteiger partial charge < -0.3 is 5.73 Å². The first-order valence-corrected chi connectivity index (χ1v) is 8.84. The zero-order valence-electron chi connectivity index (χ0n) is 13.6. The van der Waals surface area contributed by atoms with Crippen LogP contribution in [0.2, 0.25) is 0 Å². The summed E-state index contributed by atoms with van der Waals surface area (Å²) in [6, 6.07) is 11.6. The average Bonchev–Trinajstić information content (AvgIpc) is 3.01. The van der Waals surface area contributed by atoms with E-state index in [1.165, 1.54) is 63.6 Å². The van der Waals surface area contributed by atoms with Gasteiger partial charge >= 0.3 is 0 Å². The molecule has 0 radical (unpaired) electrons. The first-order chi connectivity index (χ1) is 10.3. The van der Waals surface area contributed by atoms with Crippen LogP contribution < -0.4 is 5.73 Å². The van der Waals surface area contributed by atoms with E-state index in [4.69, 9.17) is 5.73 Å². The molecule has 1 heterocycles. The predicted octanol–water partition coefficient (Wildman–Crippen LogP) is 4.16. The Hall–Kier alpha value is -0.860. The zero-order valence-corrected chi connectivity index (χ0v) is 13.6. The van der Waals surface area contributed by atoms with Gasteiger partial charge in [-0.1, -0.05) is 69.4 Å². The quantitative estimate of drug-likeness (QED) is 0.691. The van der Waals surface area contributed by atoms with Gasteiger partial charge in [0, 0.05) is 19.1 Å². The van der Waals surface area contributed by atoms with Crippen molar-refractivity contribution in [1.29, 1.82) is 0 Å². The normalized spacial score (nSPS) is 20.8. The molecule has 0 aliphatic carbocycles. The van der Waals surface area contributed by atoms with Crippen LogP contribution in [0.15, 0.2) is 30.3 Å². The fraction of sp³-hybridized carbons (Fsp3) is 0.684. The van der Waals surface area contributed by atoms with Crippen molar-refractivity contribution in [2.45, 2.75) is 63.8 Å². The number of benzene rings is 1. The minimum absolute atomic E-state index is 0.598. The third-order valence-electron chi connectivity index (χ3n) is 4.92.